The standard InChI is InChI=1S/C19H33N3O2Si2/c1-18(2,3)15-12-16(20)22(21-15)14-10-8-13(9-11-14)19(4,5)17(23-25-6)24-26-7/h8-12,17H,20,25-26H2,1-7H3. The van der Waals surface area contributed by atoms with Gasteiger partial charge in [-0.2, -0.15) is 5.10 Å². The molecule has 0 atom stereocenters. The van der Waals surface area contributed by atoms with Crippen molar-refractivity contribution in [3.8, 4) is 5.69 Å². The van der Waals surface area contributed by atoms with Gasteiger partial charge < -0.3 is 14.6 Å². The van der Waals surface area contributed by atoms with E-state index in [0.29, 0.717) is 5.82 Å². The molecule has 0 radical (unpaired) electrons. The number of nitrogen functional groups attached to an aromatic ring is 1. The van der Waals surface area contributed by atoms with Crippen molar-refractivity contribution in [3.63, 3.8) is 0 Å². The molecule has 0 bridgehead atoms. The van der Waals surface area contributed by atoms with Crippen LogP contribution in [-0.4, -0.2) is 35.6 Å². The third-order valence-corrected chi connectivity index (χ3v) is 5.86. The summed E-state index contributed by atoms with van der Waals surface area (Å²) < 4.78 is 13.8. The number of nitrogens with zero attached hydrogens (tertiary/aromatic N) is 2. The van der Waals surface area contributed by atoms with Crippen LogP contribution >= 0.6 is 0 Å². The molecule has 1 heterocycles. The second-order valence-electron chi connectivity index (χ2n) is 8.13. The van der Waals surface area contributed by atoms with Gasteiger partial charge in [0.15, 0.2) is 19.5 Å². The van der Waals surface area contributed by atoms with Crippen molar-refractivity contribution in [1.82, 2.24) is 9.78 Å². The Hall–Kier alpha value is -1.42. The van der Waals surface area contributed by atoms with Crippen LogP contribution < -0.4 is 5.73 Å². The number of rotatable bonds is 7. The van der Waals surface area contributed by atoms with E-state index in [4.69, 9.17) is 19.7 Å². The van der Waals surface area contributed by atoms with Crippen molar-refractivity contribution in [2.24, 2.45) is 0 Å². The molecule has 7 heteroatoms. The van der Waals surface area contributed by atoms with Gasteiger partial charge in [-0.15, -0.1) is 0 Å². The molecule has 26 heavy (non-hydrogen) atoms. The summed E-state index contributed by atoms with van der Waals surface area (Å²) in [7, 11) is -1.08. The maximum atomic E-state index is 6.19. The highest BCUT2D eigenvalue weighted by Crippen LogP contribution is 2.31. The summed E-state index contributed by atoms with van der Waals surface area (Å²) in [5, 5.41) is 4.69. The zero-order valence-electron chi connectivity index (χ0n) is 17.2. The summed E-state index contributed by atoms with van der Waals surface area (Å²) >= 11 is 0. The van der Waals surface area contributed by atoms with Crippen LogP contribution in [0, 0.1) is 0 Å². The normalized spacial score (nSPS) is 14.7. The monoisotopic (exact) mass is 391 g/mol. The average Bonchev–Trinajstić information content (AvgIpc) is 2.97. The Morgan fingerprint density at radius 2 is 1.54 bits per heavy atom. The van der Waals surface area contributed by atoms with Gasteiger partial charge in [-0.25, -0.2) is 4.68 Å². The Morgan fingerprint density at radius 1 is 1.00 bits per heavy atom. The molecule has 144 valence electrons. The highest BCUT2D eigenvalue weighted by Gasteiger charge is 2.32. The van der Waals surface area contributed by atoms with E-state index in [1.807, 2.05) is 6.07 Å². The van der Waals surface area contributed by atoms with Gasteiger partial charge >= 0.3 is 0 Å². The van der Waals surface area contributed by atoms with Crippen molar-refractivity contribution >= 4 is 25.3 Å². The van der Waals surface area contributed by atoms with Gasteiger partial charge in [0, 0.05) is 16.9 Å². The van der Waals surface area contributed by atoms with Gasteiger partial charge in [-0.05, 0) is 17.7 Å². The van der Waals surface area contributed by atoms with Crippen molar-refractivity contribution in [2.45, 2.75) is 64.8 Å². The number of benzene rings is 1. The lowest BCUT2D eigenvalue weighted by Crippen LogP contribution is -2.39. The van der Waals surface area contributed by atoms with Crippen LogP contribution in [0.4, 0.5) is 5.82 Å². The largest absolute Gasteiger partial charge is 0.400 e. The molecule has 2 rings (SSSR count). The number of aromatic nitrogens is 2. The van der Waals surface area contributed by atoms with E-state index >= 15 is 0 Å². The highest BCUT2D eigenvalue weighted by molar-refractivity contribution is 6.26. The zero-order valence-corrected chi connectivity index (χ0v) is 20.0. The number of nitrogens with two attached hydrogens (primary N) is 1. The third kappa shape index (κ3) is 4.46. The van der Waals surface area contributed by atoms with Gasteiger partial charge in [0.25, 0.3) is 0 Å². The molecule has 0 unspecified atom stereocenters. The smallest absolute Gasteiger partial charge is 0.161 e. The maximum Gasteiger partial charge on any atom is 0.161 e. The highest BCUT2D eigenvalue weighted by atomic mass is 28.2. The summed E-state index contributed by atoms with van der Waals surface area (Å²) in [6.45, 7) is 15.1. The first kappa shape index (κ1) is 20.9. The van der Waals surface area contributed by atoms with Crippen LogP contribution in [0.2, 0.25) is 13.1 Å². The Morgan fingerprint density at radius 3 is 1.96 bits per heavy atom. The first-order chi connectivity index (χ1) is 12.1. The van der Waals surface area contributed by atoms with E-state index in [9.17, 15) is 0 Å². The molecule has 2 N–H and O–H groups in total. The fraction of sp³-hybridized carbons (Fsp3) is 0.526. The first-order valence-electron chi connectivity index (χ1n) is 9.31. The zero-order chi connectivity index (χ0) is 19.5. The summed E-state index contributed by atoms with van der Waals surface area (Å²) in [4.78, 5) is 0. The van der Waals surface area contributed by atoms with Crippen LogP contribution in [-0.2, 0) is 19.7 Å². The van der Waals surface area contributed by atoms with Crippen LogP contribution in [0.15, 0.2) is 30.3 Å². The minimum atomic E-state index is -0.538. The van der Waals surface area contributed by atoms with Gasteiger partial charge in [-0.1, -0.05) is 59.8 Å². The summed E-state index contributed by atoms with van der Waals surface area (Å²) in [5.41, 5.74) is 9.11. The molecule has 1 aromatic heterocycles. The molecule has 0 fully saturated rings. The predicted molar refractivity (Wildman–Crippen MR) is 114 cm³/mol. The van der Waals surface area contributed by atoms with Crippen LogP contribution in [0.5, 0.6) is 0 Å². The Labute approximate surface area is 162 Å². The number of hydrogen-bond donors (Lipinski definition) is 1. The Balaban J connectivity index is 2.32. The minimum absolute atomic E-state index is 0.0305. The molecule has 1 aromatic carbocycles. The molecule has 0 amide bonds. The molecule has 0 saturated heterocycles. The summed E-state index contributed by atoms with van der Waals surface area (Å²) in [6, 6.07) is 10.3. The second-order valence-corrected chi connectivity index (χ2v) is 9.95. The van der Waals surface area contributed by atoms with Crippen LogP contribution in [0.3, 0.4) is 0 Å². The summed E-state index contributed by atoms with van der Waals surface area (Å²) in [6.07, 6.45) is -0.163. The van der Waals surface area contributed by atoms with Crippen LogP contribution in [0.25, 0.3) is 5.69 Å². The van der Waals surface area contributed by atoms with Gasteiger partial charge in [-0.3, -0.25) is 0 Å². The molecule has 0 aliphatic carbocycles. The van der Waals surface area contributed by atoms with E-state index in [-0.39, 0.29) is 17.1 Å². The van der Waals surface area contributed by atoms with Gasteiger partial charge in [0.1, 0.15) is 12.1 Å². The van der Waals surface area contributed by atoms with E-state index in [1.54, 1.807) is 4.68 Å². The minimum Gasteiger partial charge on any atom is -0.400 e. The molecule has 0 aliphatic rings. The molecule has 0 saturated carbocycles. The predicted octanol–water partition coefficient (Wildman–Crippen LogP) is 2.65. The van der Waals surface area contributed by atoms with E-state index < -0.39 is 19.5 Å². The summed E-state index contributed by atoms with van der Waals surface area (Å²) in [5.74, 6) is 0.653. The van der Waals surface area contributed by atoms with Crippen molar-refractivity contribution < 1.29 is 8.85 Å². The fourth-order valence-electron chi connectivity index (χ4n) is 2.90. The topological polar surface area (TPSA) is 62.3 Å². The SMILES string of the molecule is C[SiH2]OC(O[SiH2]C)C(C)(C)c1ccc(-n2nc(C(C)(C)C)cc2N)cc1. The molecule has 5 nitrogen and oxygen atoms in total. The number of anilines is 1. The van der Waals surface area contributed by atoms with Gasteiger partial charge in [0.05, 0.1) is 11.4 Å². The lowest BCUT2D eigenvalue weighted by Gasteiger charge is -2.35. The number of hydrogen-bond acceptors (Lipinski definition) is 4. The van der Waals surface area contributed by atoms with Crippen molar-refractivity contribution in [3.05, 3.63) is 41.6 Å². The van der Waals surface area contributed by atoms with E-state index in [0.717, 1.165) is 11.4 Å². The molecule has 2 aromatic rings. The lowest BCUT2D eigenvalue weighted by atomic mass is 9.84. The molecule has 0 aliphatic heterocycles. The third-order valence-electron chi connectivity index (χ3n) is 4.59. The van der Waals surface area contributed by atoms with E-state index in [2.05, 4.69) is 72.0 Å². The first-order valence-corrected chi connectivity index (χ1v) is 13.3. The van der Waals surface area contributed by atoms with Crippen LogP contribution in [0.1, 0.15) is 45.9 Å². The quantitative estimate of drug-likeness (QED) is 0.582. The van der Waals surface area contributed by atoms with Gasteiger partial charge in [0.2, 0.25) is 0 Å². The maximum absolute atomic E-state index is 6.19. The lowest BCUT2D eigenvalue weighted by molar-refractivity contribution is -0.0433. The van der Waals surface area contributed by atoms with Crippen molar-refractivity contribution in [1.29, 1.82) is 0 Å². The molecular formula is C19H33N3O2Si2. The molecular weight excluding hydrogens is 358 g/mol. The Bertz CT molecular complexity index is 715. The Kier molecular flexibility index (Phi) is 6.49. The van der Waals surface area contributed by atoms with E-state index in [1.165, 1.54) is 5.56 Å². The average molecular weight is 392 g/mol. The van der Waals surface area contributed by atoms with Crippen molar-refractivity contribution in [2.75, 3.05) is 5.73 Å². The fourth-order valence-corrected chi connectivity index (χ4v) is 4.73. The molecule has 0 spiro atoms. The second kappa shape index (κ2) is 8.08.